The zero-order valence-electron chi connectivity index (χ0n) is 22.0. The molecule has 1 saturated heterocycles. The van der Waals surface area contributed by atoms with Crippen molar-refractivity contribution in [2.75, 3.05) is 19.8 Å². The Bertz CT molecular complexity index is 800. The van der Waals surface area contributed by atoms with Gasteiger partial charge in [-0.15, -0.1) is 0 Å². The lowest BCUT2D eigenvalue weighted by Crippen LogP contribution is -2.44. The number of unbranched alkanes of at least 4 members (excludes halogenated alkanes) is 2. The molecule has 1 aliphatic heterocycles. The molecule has 190 valence electrons. The fraction of sp³-hybridized carbons (Fsp3) is 0.806. The fourth-order valence-electron chi connectivity index (χ4n) is 8.38. The van der Waals surface area contributed by atoms with Crippen molar-refractivity contribution in [3.8, 4) is 5.75 Å². The van der Waals surface area contributed by atoms with Crippen LogP contribution in [0.4, 0.5) is 0 Å². The van der Waals surface area contributed by atoms with Crippen molar-refractivity contribution >= 4 is 0 Å². The molecule has 1 aromatic rings. The molecule has 0 aromatic heterocycles. The van der Waals surface area contributed by atoms with Crippen molar-refractivity contribution in [3.63, 3.8) is 0 Å². The summed E-state index contributed by atoms with van der Waals surface area (Å²) >= 11 is 0. The highest BCUT2D eigenvalue weighted by Crippen LogP contribution is 2.64. The standard InChI is InChI=1S/C31H48O3/c1-4-5-7-18-32-24-11-13-25-23(20-24)10-12-27-26(25)16-17-31(3)28(14-15-29(27)31)22(2)21-34-30-9-6-8-19-33-30/h11,13,20,22,26-30H,4-10,12,14-19,21H2,1-3H3/t22?,26-,27-,28-,29+,30?,31-/m1/s1. The highest BCUT2D eigenvalue weighted by Gasteiger charge is 2.55. The van der Waals surface area contributed by atoms with Gasteiger partial charge in [-0.25, -0.2) is 0 Å². The highest BCUT2D eigenvalue weighted by molar-refractivity contribution is 5.40. The van der Waals surface area contributed by atoms with E-state index in [-0.39, 0.29) is 6.29 Å². The molecule has 4 aliphatic rings. The monoisotopic (exact) mass is 468 g/mol. The first-order valence-corrected chi connectivity index (χ1v) is 14.6. The van der Waals surface area contributed by atoms with Gasteiger partial charge >= 0.3 is 0 Å². The first-order valence-electron chi connectivity index (χ1n) is 14.6. The zero-order chi connectivity index (χ0) is 23.5. The van der Waals surface area contributed by atoms with E-state index in [1.54, 1.807) is 11.1 Å². The van der Waals surface area contributed by atoms with Crippen LogP contribution in [0.1, 0.15) is 108 Å². The number of benzene rings is 1. The highest BCUT2D eigenvalue weighted by atomic mass is 16.7. The van der Waals surface area contributed by atoms with Crippen molar-refractivity contribution in [1.29, 1.82) is 0 Å². The average molecular weight is 469 g/mol. The van der Waals surface area contributed by atoms with E-state index >= 15 is 0 Å². The van der Waals surface area contributed by atoms with Gasteiger partial charge in [-0.1, -0.05) is 39.7 Å². The Labute approximate surface area is 208 Å². The molecule has 3 aliphatic carbocycles. The number of hydrogen-bond acceptors (Lipinski definition) is 3. The number of fused-ring (bicyclic) bond motifs is 5. The van der Waals surface area contributed by atoms with Crippen LogP contribution < -0.4 is 4.74 Å². The van der Waals surface area contributed by atoms with Crippen molar-refractivity contribution in [2.45, 2.75) is 110 Å². The molecule has 0 N–H and O–H groups in total. The molecule has 34 heavy (non-hydrogen) atoms. The van der Waals surface area contributed by atoms with Gasteiger partial charge in [0.1, 0.15) is 5.75 Å². The van der Waals surface area contributed by atoms with Gasteiger partial charge in [-0.2, -0.15) is 0 Å². The largest absolute Gasteiger partial charge is 0.494 e. The van der Waals surface area contributed by atoms with Crippen LogP contribution >= 0.6 is 0 Å². The summed E-state index contributed by atoms with van der Waals surface area (Å²) in [6.07, 6.45) is 15.4. The Morgan fingerprint density at radius 2 is 2.00 bits per heavy atom. The summed E-state index contributed by atoms with van der Waals surface area (Å²) in [5, 5.41) is 0. The number of aryl methyl sites for hydroxylation is 1. The van der Waals surface area contributed by atoms with Crippen LogP contribution in [0, 0.1) is 29.1 Å². The zero-order valence-corrected chi connectivity index (χ0v) is 22.0. The van der Waals surface area contributed by atoms with E-state index in [1.165, 1.54) is 64.2 Å². The van der Waals surface area contributed by atoms with Crippen LogP contribution in [0.2, 0.25) is 0 Å². The van der Waals surface area contributed by atoms with Crippen LogP contribution in [0.15, 0.2) is 18.2 Å². The first kappa shape index (κ1) is 24.6. The predicted octanol–water partition coefficient (Wildman–Crippen LogP) is 7.91. The summed E-state index contributed by atoms with van der Waals surface area (Å²) < 4.78 is 18.2. The van der Waals surface area contributed by atoms with Gasteiger partial charge in [-0.05, 0) is 122 Å². The Morgan fingerprint density at radius 1 is 1.09 bits per heavy atom. The van der Waals surface area contributed by atoms with Crippen molar-refractivity contribution in [3.05, 3.63) is 29.3 Å². The summed E-state index contributed by atoms with van der Waals surface area (Å²) in [5.74, 6) is 5.01. The number of hydrogen-bond donors (Lipinski definition) is 0. The lowest BCUT2D eigenvalue weighted by atomic mass is 9.53. The summed E-state index contributed by atoms with van der Waals surface area (Å²) in [4.78, 5) is 0. The quantitative estimate of drug-likeness (QED) is 0.345. The second-order valence-corrected chi connectivity index (χ2v) is 12.2. The summed E-state index contributed by atoms with van der Waals surface area (Å²) in [5.41, 5.74) is 3.70. The van der Waals surface area contributed by atoms with Gasteiger partial charge in [0, 0.05) is 6.61 Å². The number of rotatable bonds is 9. The molecule has 0 radical (unpaired) electrons. The smallest absolute Gasteiger partial charge is 0.157 e. The van der Waals surface area contributed by atoms with E-state index in [9.17, 15) is 0 Å². The van der Waals surface area contributed by atoms with Gasteiger partial charge in [0.15, 0.2) is 6.29 Å². The van der Waals surface area contributed by atoms with E-state index in [0.29, 0.717) is 11.3 Å². The molecule has 3 fully saturated rings. The Morgan fingerprint density at radius 3 is 2.82 bits per heavy atom. The molecule has 1 aromatic carbocycles. The van der Waals surface area contributed by atoms with Crippen molar-refractivity contribution in [2.24, 2.45) is 29.1 Å². The van der Waals surface area contributed by atoms with Gasteiger partial charge < -0.3 is 14.2 Å². The second-order valence-electron chi connectivity index (χ2n) is 12.2. The predicted molar refractivity (Wildman–Crippen MR) is 138 cm³/mol. The molecule has 3 nitrogen and oxygen atoms in total. The van der Waals surface area contributed by atoms with Crippen LogP contribution in [0.25, 0.3) is 0 Å². The average Bonchev–Trinajstić information content (AvgIpc) is 3.23. The molecular weight excluding hydrogens is 420 g/mol. The molecule has 0 amide bonds. The molecule has 0 bridgehead atoms. The van der Waals surface area contributed by atoms with Crippen molar-refractivity contribution < 1.29 is 14.2 Å². The molecule has 2 saturated carbocycles. The molecular formula is C31H48O3. The summed E-state index contributed by atoms with van der Waals surface area (Å²) in [7, 11) is 0. The lowest BCUT2D eigenvalue weighted by molar-refractivity contribution is -0.173. The van der Waals surface area contributed by atoms with Gasteiger partial charge in [0.2, 0.25) is 0 Å². The summed E-state index contributed by atoms with van der Waals surface area (Å²) in [6.45, 7) is 9.94. The molecule has 3 heteroatoms. The summed E-state index contributed by atoms with van der Waals surface area (Å²) in [6, 6.07) is 7.05. The van der Waals surface area contributed by atoms with Crippen LogP contribution in [-0.4, -0.2) is 26.1 Å². The van der Waals surface area contributed by atoms with E-state index in [2.05, 4.69) is 39.0 Å². The van der Waals surface area contributed by atoms with Gasteiger partial charge in [0.05, 0.1) is 13.2 Å². The second kappa shape index (κ2) is 10.9. The molecule has 5 rings (SSSR count). The lowest BCUT2D eigenvalue weighted by Gasteiger charge is -2.52. The minimum Gasteiger partial charge on any atom is -0.494 e. The maximum Gasteiger partial charge on any atom is 0.157 e. The van der Waals surface area contributed by atoms with Crippen LogP contribution in [-0.2, 0) is 15.9 Å². The topological polar surface area (TPSA) is 27.7 Å². The molecule has 0 spiro atoms. The third-order valence-corrected chi connectivity index (χ3v) is 10.2. The maximum atomic E-state index is 6.25. The van der Waals surface area contributed by atoms with Crippen LogP contribution in [0.5, 0.6) is 5.75 Å². The van der Waals surface area contributed by atoms with Gasteiger partial charge in [-0.3, -0.25) is 0 Å². The maximum absolute atomic E-state index is 6.25. The first-order chi connectivity index (χ1) is 16.6. The minimum absolute atomic E-state index is 0.0484. The van der Waals surface area contributed by atoms with E-state index < -0.39 is 0 Å². The Balaban J connectivity index is 1.21. The Kier molecular flexibility index (Phi) is 7.90. The van der Waals surface area contributed by atoms with E-state index in [0.717, 1.165) is 62.1 Å². The van der Waals surface area contributed by atoms with Gasteiger partial charge in [0.25, 0.3) is 0 Å². The minimum atomic E-state index is 0.0484. The molecule has 7 atom stereocenters. The van der Waals surface area contributed by atoms with E-state index in [1.807, 2.05) is 0 Å². The fourth-order valence-corrected chi connectivity index (χ4v) is 8.38. The Hall–Kier alpha value is -1.06. The SMILES string of the molecule is CCCCCOc1ccc2c(c1)CC[C@@H]1[C@@H]2CC[C@]2(C)[C@@H](C(C)COC3CCCCO3)CC[C@@H]12. The van der Waals surface area contributed by atoms with Crippen LogP contribution in [0.3, 0.4) is 0 Å². The number of ether oxygens (including phenoxy) is 3. The normalized spacial score (nSPS) is 35.8. The third kappa shape index (κ3) is 4.94. The third-order valence-electron chi connectivity index (χ3n) is 10.2. The van der Waals surface area contributed by atoms with Crippen molar-refractivity contribution in [1.82, 2.24) is 0 Å². The molecule has 1 heterocycles. The molecule has 2 unspecified atom stereocenters. The van der Waals surface area contributed by atoms with E-state index in [4.69, 9.17) is 14.2 Å².